The normalized spacial score (nSPS) is 27.8. The smallest absolute Gasteiger partial charge is 0.255 e. The highest BCUT2D eigenvalue weighted by Crippen LogP contribution is 2.44. The van der Waals surface area contributed by atoms with Gasteiger partial charge in [-0.2, -0.15) is 0 Å². The van der Waals surface area contributed by atoms with Gasteiger partial charge in [0.15, 0.2) is 0 Å². The number of likely N-dealkylation sites (tertiary alicyclic amines) is 1. The van der Waals surface area contributed by atoms with E-state index in [1.807, 2.05) is 12.1 Å². The number of rotatable bonds is 8. The SMILES string of the molecule is CNC(=O)C(CCC=O)N1Cc2cc(N3CCOC(CN4CC5CC5C4)C3)ccc2C1=O. The van der Waals surface area contributed by atoms with Crippen LogP contribution in [-0.4, -0.2) is 86.4 Å². The first kappa shape index (κ1) is 21.4. The molecule has 2 saturated heterocycles. The second-order valence-corrected chi connectivity index (χ2v) is 9.56. The van der Waals surface area contributed by atoms with E-state index < -0.39 is 6.04 Å². The Bertz CT molecular complexity index is 896. The molecule has 1 N–H and O–H groups in total. The lowest BCUT2D eigenvalue weighted by Gasteiger charge is -2.36. The van der Waals surface area contributed by atoms with Crippen molar-refractivity contribution in [1.82, 2.24) is 15.1 Å². The molecule has 1 saturated carbocycles. The van der Waals surface area contributed by atoms with Gasteiger partial charge in [0, 0.05) is 64.0 Å². The van der Waals surface area contributed by atoms with Crippen molar-refractivity contribution in [1.29, 1.82) is 0 Å². The summed E-state index contributed by atoms with van der Waals surface area (Å²) in [6.45, 7) is 6.21. The zero-order valence-corrected chi connectivity index (χ0v) is 18.7. The molecule has 4 unspecified atom stereocenters. The van der Waals surface area contributed by atoms with Crippen LogP contribution in [0.15, 0.2) is 18.2 Å². The Morgan fingerprint density at radius 3 is 2.84 bits per heavy atom. The minimum Gasteiger partial charge on any atom is -0.373 e. The molecule has 8 nitrogen and oxygen atoms in total. The molecule has 3 fully saturated rings. The highest BCUT2D eigenvalue weighted by molar-refractivity contribution is 6.01. The molecule has 5 rings (SSSR count). The molecular formula is C24H32N4O4. The topological polar surface area (TPSA) is 82.2 Å². The maximum absolute atomic E-state index is 13.0. The third kappa shape index (κ3) is 4.13. The summed E-state index contributed by atoms with van der Waals surface area (Å²) in [6, 6.07) is 5.34. The van der Waals surface area contributed by atoms with E-state index in [0.29, 0.717) is 25.1 Å². The molecular weight excluding hydrogens is 408 g/mol. The van der Waals surface area contributed by atoms with Gasteiger partial charge >= 0.3 is 0 Å². The van der Waals surface area contributed by atoms with Crippen molar-refractivity contribution in [3.05, 3.63) is 29.3 Å². The summed E-state index contributed by atoms with van der Waals surface area (Å²) in [5.74, 6) is 1.48. The lowest BCUT2D eigenvalue weighted by atomic mass is 10.1. The Labute approximate surface area is 188 Å². The number of carbonyl (C=O) groups excluding carboxylic acids is 3. The zero-order valence-electron chi connectivity index (χ0n) is 18.7. The number of fused-ring (bicyclic) bond motifs is 2. The van der Waals surface area contributed by atoms with E-state index in [0.717, 1.165) is 49.0 Å². The monoisotopic (exact) mass is 440 g/mol. The number of ether oxygens (including phenoxy) is 1. The minimum absolute atomic E-state index is 0.140. The van der Waals surface area contributed by atoms with Crippen LogP contribution in [0, 0.1) is 11.8 Å². The quantitative estimate of drug-likeness (QED) is 0.605. The van der Waals surface area contributed by atoms with Crippen LogP contribution in [-0.2, 0) is 20.9 Å². The predicted octanol–water partition coefficient (Wildman–Crippen LogP) is 0.893. The van der Waals surface area contributed by atoms with Crippen molar-refractivity contribution in [2.75, 3.05) is 51.3 Å². The van der Waals surface area contributed by atoms with Crippen LogP contribution in [0.5, 0.6) is 0 Å². The van der Waals surface area contributed by atoms with Crippen LogP contribution in [0.1, 0.15) is 35.2 Å². The van der Waals surface area contributed by atoms with Crippen molar-refractivity contribution < 1.29 is 19.1 Å². The third-order valence-corrected chi connectivity index (χ3v) is 7.42. The number of carbonyl (C=O) groups is 3. The van der Waals surface area contributed by atoms with E-state index >= 15 is 0 Å². The number of hydrogen-bond donors (Lipinski definition) is 1. The molecule has 3 heterocycles. The first-order valence-corrected chi connectivity index (χ1v) is 11.8. The molecule has 8 heteroatoms. The number of nitrogens with zero attached hydrogens (tertiary/aromatic N) is 3. The summed E-state index contributed by atoms with van der Waals surface area (Å²) < 4.78 is 6.06. The number of piperidine rings is 1. The molecule has 0 spiro atoms. The number of benzene rings is 1. The van der Waals surface area contributed by atoms with Gasteiger partial charge in [-0.1, -0.05) is 0 Å². The summed E-state index contributed by atoms with van der Waals surface area (Å²) in [4.78, 5) is 42.7. The van der Waals surface area contributed by atoms with Crippen molar-refractivity contribution >= 4 is 23.8 Å². The number of aldehydes is 1. The van der Waals surface area contributed by atoms with Crippen molar-refractivity contribution in [3.63, 3.8) is 0 Å². The Morgan fingerprint density at radius 1 is 1.28 bits per heavy atom. The summed E-state index contributed by atoms with van der Waals surface area (Å²) in [6.07, 6.45) is 2.99. The Kier molecular flexibility index (Phi) is 5.90. The minimum atomic E-state index is -0.631. The maximum atomic E-state index is 13.0. The van der Waals surface area contributed by atoms with Gasteiger partial charge in [-0.05, 0) is 48.4 Å². The molecule has 1 aromatic carbocycles. The summed E-state index contributed by atoms with van der Waals surface area (Å²) in [5.41, 5.74) is 2.69. The number of nitrogens with one attached hydrogen (secondary N) is 1. The lowest BCUT2D eigenvalue weighted by Crippen LogP contribution is -2.47. The fourth-order valence-electron chi connectivity index (χ4n) is 5.60. The molecule has 4 atom stereocenters. The Morgan fingerprint density at radius 2 is 2.09 bits per heavy atom. The number of anilines is 1. The molecule has 3 aliphatic heterocycles. The van der Waals surface area contributed by atoms with Crippen LogP contribution >= 0.6 is 0 Å². The molecule has 0 aromatic heterocycles. The van der Waals surface area contributed by atoms with E-state index in [2.05, 4.69) is 21.2 Å². The van der Waals surface area contributed by atoms with Gasteiger partial charge in [0.2, 0.25) is 5.91 Å². The van der Waals surface area contributed by atoms with Crippen molar-refractivity contribution in [2.45, 2.75) is 38.0 Å². The molecule has 0 radical (unpaired) electrons. The van der Waals surface area contributed by atoms with E-state index in [-0.39, 0.29) is 24.3 Å². The highest BCUT2D eigenvalue weighted by atomic mass is 16.5. The average molecular weight is 441 g/mol. The van der Waals surface area contributed by atoms with Crippen LogP contribution < -0.4 is 10.2 Å². The molecule has 1 aliphatic carbocycles. The molecule has 32 heavy (non-hydrogen) atoms. The molecule has 172 valence electrons. The van der Waals surface area contributed by atoms with E-state index in [1.54, 1.807) is 11.9 Å². The van der Waals surface area contributed by atoms with Gasteiger partial charge in [-0.25, -0.2) is 0 Å². The Balaban J connectivity index is 1.26. The predicted molar refractivity (Wildman–Crippen MR) is 119 cm³/mol. The average Bonchev–Trinajstić information content (AvgIpc) is 3.28. The van der Waals surface area contributed by atoms with Gasteiger partial charge in [-0.15, -0.1) is 0 Å². The van der Waals surface area contributed by atoms with Gasteiger partial charge < -0.3 is 29.5 Å². The van der Waals surface area contributed by atoms with Crippen molar-refractivity contribution in [2.24, 2.45) is 11.8 Å². The highest BCUT2D eigenvalue weighted by Gasteiger charge is 2.45. The van der Waals surface area contributed by atoms with Crippen LogP contribution in [0.3, 0.4) is 0 Å². The molecule has 4 aliphatic rings. The number of likely N-dealkylation sites (N-methyl/N-ethyl adjacent to an activating group) is 1. The summed E-state index contributed by atoms with van der Waals surface area (Å²) in [7, 11) is 1.56. The third-order valence-electron chi connectivity index (χ3n) is 7.42. The second-order valence-electron chi connectivity index (χ2n) is 9.56. The fraction of sp³-hybridized carbons (Fsp3) is 0.625. The van der Waals surface area contributed by atoms with Gasteiger partial charge in [0.05, 0.1) is 12.7 Å². The van der Waals surface area contributed by atoms with Crippen LogP contribution in [0.25, 0.3) is 0 Å². The first-order valence-electron chi connectivity index (χ1n) is 11.8. The molecule has 1 aromatic rings. The molecule has 2 amide bonds. The standard InChI is InChI=1S/C24H32N4O4/c1-25-23(30)22(3-2-7-29)28-13-18-10-19(4-5-21(18)24(28)31)27-6-8-32-20(15-27)14-26-11-16-9-17(16)12-26/h4-5,7,10,16-17,20,22H,2-3,6,8-9,11-15H2,1H3,(H,25,30). The summed E-state index contributed by atoms with van der Waals surface area (Å²) in [5, 5.41) is 2.63. The fourth-order valence-corrected chi connectivity index (χ4v) is 5.60. The van der Waals surface area contributed by atoms with Crippen LogP contribution in [0.4, 0.5) is 5.69 Å². The number of hydrogen-bond acceptors (Lipinski definition) is 6. The lowest BCUT2D eigenvalue weighted by molar-refractivity contribution is -0.125. The van der Waals surface area contributed by atoms with E-state index in [1.165, 1.54) is 19.5 Å². The number of morpholine rings is 1. The largest absolute Gasteiger partial charge is 0.373 e. The van der Waals surface area contributed by atoms with Crippen molar-refractivity contribution in [3.8, 4) is 0 Å². The first-order chi connectivity index (χ1) is 15.6. The van der Waals surface area contributed by atoms with Gasteiger partial charge in [0.25, 0.3) is 5.91 Å². The van der Waals surface area contributed by atoms with Gasteiger partial charge in [-0.3, -0.25) is 9.59 Å². The second kappa shape index (κ2) is 8.83. The maximum Gasteiger partial charge on any atom is 0.255 e. The zero-order chi connectivity index (χ0) is 22.2. The van der Waals surface area contributed by atoms with E-state index in [4.69, 9.17) is 4.74 Å². The molecule has 0 bridgehead atoms. The number of amides is 2. The van der Waals surface area contributed by atoms with Crippen LogP contribution in [0.2, 0.25) is 0 Å². The summed E-state index contributed by atoms with van der Waals surface area (Å²) >= 11 is 0. The Hall–Kier alpha value is -2.45. The van der Waals surface area contributed by atoms with E-state index in [9.17, 15) is 14.4 Å². The van der Waals surface area contributed by atoms with Gasteiger partial charge in [0.1, 0.15) is 12.3 Å².